The van der Waals surface area contributed by atoms with Crippen LogP contribution in [0.3, 0.4) is 0 Å². The summed E-state index contributed by atoms with van der Waals surface area (Å²) in [4.78, 5) is 27.2. The summed E-state index contributed by atoms with van der Waals surface area (Å²) in [5.74, 6) is 1.12. The summed E-state index contributed by atoms with van der Waals surface area (Å²) in [5.41, 5.74) is -0.726. The Morgan fingerprint density at radius 1 is 1.10 bits per heavy atom. The third kappa shape index (κ3) is 5.59. The number of nitrogens with zero attached hydrogens (tertiary/aromatic N) is 1. The molecule has 1 aromatic heterocycles. The third-order valence-electron chi connectivity index (χ3n) is 9.85. The molecule has 220 valence electrons. The molecule has 0 radical (unpaired) electrons. The molecular weight excluding hydrogens is 585 g/mol. The zero-order chi connectivity index (χ0) is 28.4. The van der Waals surface area contributed by atoms with Crippen LogP contribution in [0.2, 0.25) is 10.0 Å². The van der Waals surface area contributed by atoms with E-state index in [4.69, 9.17) is 32.5 Å². The van der Waals surface area contributed by atoms with Gasteiger partial charge in [0.25, 0.3) is 17.7 Å². The SMILES string of the molecule is O=C(NC1(COc2noc(C(=O)N[C@H]3C4CC5CC3C[C@](O)(C5)C4)c2SC2CCCC2)CC1)c1ccc(Cl)cc1Cl. The van der Waals surface area contributed by atoms with Gasteiger partial charge in [0, 0.05) is 16.3 Å². The predicted molar refractivity (Wildman–Crippen MR) is 156 cm³/mol. The molecular formula is C30H35Cl2N3O5S. The first-order chi connectivity index (χ1) is 19.7. The van der Waals surface area contributed by atoms with Gasteiger partial charge in [-0.1, -0.05) is 36.0 Å². The first-order valence-corrected chi connectivity index (χ1v) is 16.4. The first kappa shape index (κ1) is 27.9. The van der Waals surface area contributed by atoms with Crippen LogP contribution in [-0.2, 0) is 0 Å². The second kappa shape index (κ2) is 10.6. The summed E-state index contributed by atoms with van der Waals surface area (Å²) in [6.45, 7) is 0.211. The van der Waals surface area contributed by atoms with Crippen molar-refractivity contribution in [1.82, 2.24) is 15.8 Å². The Morgan fingerprint density at radius 2 is 1.83 bits per heavy atom. The maximum atomic E-state index is 13.6. The molecule has 3 N–H and O–H groups in total. The number of hydrogen-bond acceptors (Lipinski definition) is 7. The Hall–Kier alpha value is -1.94. The number of carbonyl (C=O) groups excluding carboxylic acids is 2. The lowest BCUT2D eigenvalue weighted by Gasteiger charge is -2.58. The molecule has 6 saturated carbocycles. The number of ether oxygens (including phenoxy) is 1. The van der Waals surface area contributed by atoms with Crippen LogP contribution in [0.5, 0.6) is 5.88 Å². The highest BCUT2D eigenvalue weighted by Crippen LogP contribution is 2.56. The Morgan fingerprint density at radius 3 is 2.49 bits per heavy atom. The number of carbonyl (C=O) groups is 2. The minimum Gasteiger partial charge on any atom is -0.472 e. The van der Waals surface area contributed by atoms with Gasteiger partial charge in [0.15, 0.2) is 0 Å². The van der Waals surface area contributed by atoms with E-state index in [0.29, 0.717) is 49.4 Å². The highest BCUT2D eigenvalue weighted by molar-refractivity contribution is 8.00. The molecule has 0 aliphatic heterocycles. The monoisotopic (exact) mass is 619 g/mol. The minimum atomic E-state index is -0.554. The lowest BCUT2D eigenvalue weighted by molar-refractivity contribution is -0.137. The van der Waals surface area contributed by atoms with Crippen LogP contribution in [0.25, 0.3) is 0 Å². The fraction of sp³-hybridized carbons (Fsp3) is 0.633. The standard InChI is InChI=1S/C30H35Cl2N3O5S/c31-19-5-6-21(22(32)11-19)26(36)34-29(7-8-29)15-39-28-25(41-20-3-1-2-4-20)24(40-35-28)27(37)33-23-17-9-16-10-18(23)14-30(38,12-16)13-17/h5-6,11,16-18,20,23,38H,1-4,7-10,12-15H2,(H,33,37)(H,34,36)/t16?,17?,18?,23-,30-. The van der Waals surface area contributed by atoms with Crippen molar-refractivity contribution in [2.24, 2.45) is 17.8 Å². The molecule has 11 heteroatoms. The van der Waals surface area contributed by atoms with Gasteiger partial charge in [-0.2, -0.15) is 0 Å². The highest BCUT2D eigenvalue weighted by Gasteiger charge is 2.55. The second-order valence-corrected chi connectivity index (χ2v) is 15.2. The molecule has 1 heterocycles. The summed E-state index contributed by atoms with van der Waals surface area (Å²) in [7, 11) is 0. The van der Waals surface area contributed by atoms with Gasteiger partial charge >= 0.3 is 0 Å². The molecule has 2 aromatic rings. The molecule has 41 heavy (non-hydrogen) atoms. The quantitative estimate of drug-likeness (QED) is 0.314. The first-order valence-electron chi connectivity index (χ1n) is 14.8. The molecule has 2 amide bonds. The number of aromatic nitrogens is 1. The Labute approximate surface area is 253 Å². The number of aliphatic hydroxyl groups is 1. The van der Waals surface area contributed by atoms with Gasteiger partial charge in [0.2, 0.25) is 5.76 Å². The van der Waals surface area contributed by atoms with Crippen molar-refractivity contribution in [1.29, 1.82) is 0 Å². The Bertz CT molecular complexity index is 1340. The van der Waals surface area contributed by atoms with Crippen molar-refractivity contribution in [2.75, 3.05) is 6.61 Å². The fourth-order valence-electron chi connectivity index (χ4n) is 7.86. The van der Waals surface area contributed by atoms with Crippen molar-refractivity contribution in [3.63, 3.8) is 0 Å². The molecule has 8 nitrogen and oxygen atoms in total. The summed E-state index contributed by atoms with van der Waals surface area (Å²) >= 11 is 13.8. The van der Waals surface area contributed by atoms with Crippen molar-refractivity contribution in [3.05, 3.63) is 39.6 Å². The predicted octanol–water partition coefficient (Wildman–Crippen LogP) is 6.03. The van der Waals surface area contributed by atoms with Gasteiger partial charge in [0.05, 0.1) is 21.7 Å². The van der Waals surface area contributed by atoms with E-state index in [1.165, 1.54) is 12.8 Å². The lowest BCUT2D eigenvalue weighted by atomic mass is 9.52. The average molecular weight is 621 g/mol. The smallest absolute Gasteiger partial charge is 0.291 e. The number of halogens is 2. The van der Waals surface area contributed by atoms with Crippen LogP contribution < -0.4 is 15.4 Å². The number of thioether (sulfide) groups is 1. The van der Waals surface area contributed by atoms with E-state index in [-0.39, 0.29) is 30.2 Å². The Balaban J connectivity index is 1.05. The van der Waals surface area contributed by atoms with E-state index >= 15 is 0 Å². The van der Waals surface area contributed by atoms with Crippen LogP contribution in [0, 0.1) is 17.8 Å². The molecule has 4 bridgehead atoms. The summed E-state index contributed by atoms with van der Waals surface area (Å²) in [6.07, 6.45) is 10.5. The van der Waals surface area contributed by atoms with Crippen molar-refractivity contribution < 1.29 is 24.0 Å². The van der Waals surface area contributed by atoms with Gasteiger partial charge < -0.3 is 25.0 Å². The van der Waals surface area contributed by atoms with E-state index in [2.05, 4.69) is 15.8 Å². The van der Waals surface area contributed by atoms with Crippen molar-refractivity contribution in [3.8, 4) is 5.88 Å². The molecule has 0 spiro atoms. The van der Waals surface area contributed by atoms with E-state index in [9.17, 15) is 14.7 Å². The number of rotatable bonds is 9. The van der Waals surface area contributed by atoms with Crippen LogP contribution in [0.15, 0.2) is 27.6 Å². The molecule has 8 rings (SSSR count). The topological polar surface area (TPSA) is 114 Å². The van der Waals surface area contributed by atoms with E-state index in [0.717, 1.165) is 57.8 Å². The van der Waals surface area contributed by atoms with Crippen molar-refractivity contribution >= 4 is 46.8 Å². The molecule has 6 aliphatic carbocycles. The highest BCUT2D eigenvalue weighted by atomic mass is 35.5. The average Bonchev–Trinajstić information content (AvgIpc) is 3.28. The van der Waals surface area contributed by atoms with Gasteiger partial charge in [-0.05, 0) is 98.9 Å². The lowest BCUT2D eigenvalue weighted by Crippen LogP contribution is -2.61. The summed E-state index contributed by atoms with van der Waals surface area (Å²) < 4.78 is 11.9. The van der Waals surface area contributed by atoms with Gasteiger partial charge in [0.1, 0.15) is 11.5 Å². The molecule has 2 atom stereocenters. The van der Waals surface area contributed by atoms with Crippen LogP contribution in [0.1, 0.15) is 91.5 Å². The van der Waals surface area contributed by atoms with Gasteiger partial charge in [-0.3, -0.25) is 9.59 Å². The largest absolute Gasteiger partial charge is 0.472 e. The maximum Gasteiger partial charge on any atom is 0.291 e. The van der Waals surface area contributed by atoms with Crippen LogP contribution in [-0.4, -0.2) is 51.1 Å². The van der Waals surface area contributed by atoms with E-state index in [1.807, 2.05) is 0 Å². The van der Waals surface area contributed by atoms with Crippen LogP contribution in [0.4, 0.5) is 0 Å². The maximum absolute atomic E-state index is 13.6. The fourth-order valence-corrected chi connectivity index (χ4v) is 9.69. The van der Waals surface area contributed by atoms with Crippen LogP contribution >= 0.6 is 35.0 Å². The normalized spacial score (nSPS) is 31.3. The number of amides is 2. The molecule has 2 unspecified atom stereocenters. The second-order valence-electron chi connectivity index (χ2n) is 13.0. The number of hydrogen-bond donors (Lipinski definition) is 3. The molecule has 0 saturated heterocycles. The third-order valence-corrected chi connectivity index (χ3v) is 11.8. The van der Waals surface area contributed by atoms with Gasteiger partial charge in [-0.25, -0.2) is 0 Å². The number of benzene rings is 1. The molecule has 6 fully saturated rings. The van der Waals surface area contributed by atoms with Gasteiger partial charge in [-0.15, -0.1) is 11.8 Å². The van der Waals surface area contributed by atoms with Crippen molar-refractivity contribution in [2.45, 2.75) is 98.0 Å². The van der Waals surface area contributed by atoms with E-state index in [1.54, 1.807) is 30.0 Å². The zero-order valence-corrected chi connectivity index (χ0v) is 25.1. The zero-order valence-electron chi connectivity index (χ0n) is 22.8. The number of nitrogens with one attached hydrogen (secondary N) is 2. The van der Waals surface area contributed by atoms with E-state index < -0.39 is 11.1 Å². The summed E-state index contributed by atoms with van der Waals surface area (Å²) in [6, 6.07) is 4.84. The molecule has 1 aromatic carbocycles. The minimum absolute atomic E-state index is 0.0442. The summed E-state index contributed by atoms with van der Waals surface area (Å²) in [5, 5.41) is 22.6. The molecule has 6 aliphatic rings. The Kier molecular flexibility index (Phi) is 7.24.